The molecule has 1 atom stereocenters. The molecule has 6 nitrogen and oxygen atoms in total. The molecular formula is C15H21NO5. The molecule has 1 aromatic rings. The van der Waals surface area contributed by atoms with Gasteiger partial charge >= 0.3 is 5.97 Å². The molecule has 0 bridgehead atoms. The number of carboxylic acid groups (broad SMARTS) is 1. The van der Waals surface area contributed by atoms with Crippen LogP contribution in [0.1, 0.15) is 16.8 Å². The Labute approximate surface area is 124 Å². The van der Waals surface area contributed by atoms with Crippen LogP contribution in [-0.2, 0) is 9.53 Å². The van der Waals surface area contributed by atoms with Crippen molar-refractivity contribution in [2.75, 3.05) is 34.8 Å². The molecule has 0 saturated carbocycles. The highest BCUT2D eigenvalue weighted by atomic mass is 16.5. The monoisotopic (exact) mass is 295 g/mol. The Kier molecular flexibility index (Phi) is 5.72. The molecule has 0 heterocycles. The Bertz CT molecular complexity index is 507. The van der Waals surface area contributed by atoms with Gasteiger partial charge in [-0.1, -0.05) is 12.1 Å². The van der Waals surface area contributed by atoms with Crippen molar-refractivity contribution in [2.45, 2.75) is 12.5 Å². The van der Waals surface area contributed by atoms with Gasteiger partial charge in [0.05, 0.1) is 28.3 Å². The van der Waals surface area contributed by atoms with E-state index >= 15 is 0 Å². The maximum atomic E-state index is 12.2. The highest BCUT2D eigenvalue weighted by Crippen LogP contribution is 2.19. The van der Waals surface area contributed by atoms with Gasteiger partial charge < -0.3 is 23.9 Å². The van der Waals surface area contributed by atoms with E-state index in [0.29, 0.717) is 16.8 Å². The topological polar surface area (TPSA) is 75.7 Å². The third-order valence-corrected chi connectivity index (χ3v) is 2.75. The summed E-state index contributed by atoms with van der Waals surface area (Å²) in [7, 11) is 7.12. The number of carbonyl (C=O) groups excluding carboxylic acids is 2. The van der Waals surface area contributed by atoms with E-state index in [1.807, 2.05) is 21.1 Å². The van der Waals surface area contributed by atoms with Crippen LogP contribution in [0.3, 0.4) is 0 Å². The highest BCUT2D eigenvalue weighted by molar-refractivity contribution is 5.92. The number of quaternary nitrogens is 1. The standard InChI is InChI=1S/C15H21NO5/c1-16(2,3)10-11(9-14(17)18)21-15(19)12-7-5-6-8-13(12)20-4/h5-8,11H,9-10H2,1-4H3/t11-/m0/s1. The lowest BCUT2D eigenvalue weighted by atomic mass is 10.2. The summed E-state index contributed by atoms with van der Waals surface area (Å²) in [5.41, 5.74) is 0.268. The SMILES string of the molecule is COc1ccccc1C(=O)O[C@@H](CC(=O)[O-])C[N+](C)(C)C. The van der Waals surface area contributed by atoms with Crippen LogP contribution in [-0.4, -0.2) is 57.3 Å². The van der Waals surface area contributed by atoms with E-state index in [-0.39, 0.29) is 12.0 Å². The molecule has 0 fully saturated rings. The van der Waals surface area contributed by atoms with Crippen LogP contribution in [0.2, 0.25) is 0 Å². The summed E-state index contributed by atoms with van der Waals surface area (Å²) in [6.07, 6.45) is -1.09. The molecule has 1 rings (SSSR count). The summed E-state index contributed by atoms with van der Waals surface area (Å²) in [5, 5.41) is 10.8. The zero-order valence-electron chi connectivity index (χ0n) is 12.8. The first-order chi connectivity index (χ1) is 9.73. The molecule has 21 heavy (non-hydrogen) atoms. The second kappa shape index (κ2) is 7.08. The van der Waals surface area contributed by atoms with Crippen molar-refractivity contribution in [3.63, 3.8) is 0 Å². The molecule has 0 aliphatic rings. The number of likely N-dealkylation sites (N-methyl/N-ethyl adjacent to an activating group) is 1. The lowest BCUT2D eigenvalue weighted by molar-refractivity contribution is -0.873. The van der Waals surface area contributed by atoms with E-state index in [4.69, 9.17) is 9.47 Å². The number of benzene rings is 1. The average molecular weight is 295 g/mol. The molecule has 0 aromatic heterocycles. The van der Waals surface area contributed by atoms with Crippen LogP contribution in [0, 0.1) is 0 Å². The normalized spacial score (nSPS) is 12.6. The van der Waals surface area contributed by atoms with E-state index < -0.39 is 18.0 Å². The van der Waals surface area contributed by atoms with Gasteiger partial charge in [-0.2, -0.15) is 0 Å². The molecule has 0 amide bonds. The number of ether oxygens (including phenoxy) is 2. The third kappa shape index (κ3) is 5.83. The van der Waals surface area contributed by atoms with Gasteiger partial charge in [-0.15, -0.1) is 0 Å². The number of nitrogens with zero attached hydrogens (tertiary/aromatic N) is 1. The minimum Gasteiger partial charge on any atom is -0.550 e. The first kappa shape index (κ1) is 17.0. The van der Waals surface area contributed by atoms with E-state index in [1.165, 1.54) is 7.11 Å². The molecule has 0 aliphatic carbocycles. The van der Waals surface area contributed by atoms with Gasteiger partial charge in [-0.25, -0.2) is 4.79 Å². The molecule has 0 saturated heterocycles. The van der Waals surface area contributed by atoms with Gasteiger partial charge in [0.25, 0.3) is 0 Å². The van der Waals surface area contributed by atoms with Crippen LogP contribution >= 0.6 is 0 Å². The second-order valence-corrected chi connectivity index (χ2v) is 5.78. The lowest BCUT2D eigenvalue weighted by Gasteiger charge is -2.29. The number of hydrogen-bond donors (Lipinski definition) is 0. The minimum atomic E-state index is -1.25. The first-order valence-electron chi connectivity index (χ1n) is 6.57. The number of hydrogen-bond acceptors (Lipinski definition) is 5. The van der Waals surface area contributed by atoms with Crippen molar-refractivity contribution in [1.82, 2.24) is 0 Å². The molecular weight excluding hydrogens is 274 g/mol. The molecule has 6 heteroatoms. The van der Waals surface area contributed by atoms with Gasteiger partial charge in [0, 0.05) is 12.4 Å². The molecule has 0 unspecified atom stereocenters. The average Bonchev–Trinajstić information content (AvgIpc) is 2.35. The zero-order valence-corrected chi connectivity index (χ0v) is 12.8. The third-order valence-electron chi connectivity index (χ3n) is 2.75. The van der Waals surface area contributed by atoms with Gasteiger partial charge in [0.1, 0.15) is 17.9 Å². The van der Waals surface area contributed by atoms with Crippen molar-refractivity contribution in [2.24, 2.45) is 0 Å². The second-order valence-electron chi connectivity index (χ2n) is 5.78. The smallest absolute Gasteiger partial charge is 0.342 e. The van der Waals surface area contributed by atoms with Crippen LogP contribution < -0.4 is 9.84 Å². The number of aliphatic carboxylic acids is 1. The van der Waals surface area contributed by atoms with Crippen LogP contribution in [0.4, 0.5) is 0 Å². The largest absolute Gasteiger partial charge is 0.550 e. The Balaban J connectivity index is 2.86. The van der Waals surface area contributed by atoms with E-state index in [9.17, 15) is 14.7 Å². The van der Waals surface area contributed by atoms with E-state index in [1.54, 1.807) is 24.3 Å². The van der Waals surface area contributed by atoms with Crippen LogP contribution in [0.25, 0.3) is 0 Å². The number of esters is 1. The Morgan fingerprint density at radius 2 is 1.86 bits per heavy atom. The number of methoxy groups -OCH3 is 1. The minimum absolute atomic E-state index is 0.268. The number of para-hydroxylation sites is 1. The summed E-state index contributed by atoms with van der Waals surface area (Å²) in [4.78, 5) is 23.0. The Hall–Kier alpha value is -2.08. The predicted molar refractivity (Wildman–Crippen MR) is 74.7 cm³/mol. The fraction of sp³-hybridized carbons (Fsp3) is 0.467. The van der Waals surface area contributed by atoms with Crippen molar-refractivity contribution in [1.29, 1.82) is 0 Å². The summed E-state index contributed by atoms with van der Waals surface area (Å²) in [6.45, 7) is 0.370. The van der Waals surface area contributed by atoms with E-state index in [2.05, 4.69) is 0 Å². The highest BCUT2D eigenvalue weighted by Gasteiger charge is 2.24. The number of rotatable bonds is 7. The first-order valence-corrected chi connectivity index (χ1v) is 6.57. The van der Waals surface area contributed by atoms with Crippen molar-refractivity contribution in [3.8, 4) is 5.75 Å². The van der Waals surface area contributed by atoms with Gasteiger partial charge in [0.15, 0.2) is 6.10 Å². The Morgan fingerprint density at radius 3 is 2.38 bits per heavy atom. The van der Waals surface area contributed by atoms with Crippen molar-refractivity contribution >= 4 is 11.9 Å². The number of carbonyl (C=O) groups is 2. The maximum absolute atomic E-state index is 12.2. The molecule has 0 spiro atoms. The maximum Gasteiger partial charge on any atom is 0.342 e. The summed E-state index contributed by atoms with van der Waals surface area (Å²) in [5.74, 6) is -1.46. The fourth-order valence-corrected chi connectivity index (χ4v) is 1.97. The molecule has 1 aromatic carbocycles. The van der Waals surface area contributed by atoms with E-state index in [0.717, 1.165) is 0 Å². The van der Waals surface area contributed by atoms with Crippen LogP contribution in [0.5, 0.6) is 5.75 Å². The number of carboxylic acids is 1. The molecule has 116 valence electrons. The van der Waals surface area contributed by atoms with Gasteiger partial charge in [-0.05, 0) is 12.1 Å². The van der Waals surface area contributed by atoms with Gasteiger partial charge in [0.2, 0.25) is 0 Å². The van der Waals surface area contributed by atoms with Crippen molar-refractivity contribution < 1.29 is 28.7 Å². The summed E-state index contributed by atoms with van der Waals surface area (Å²) >= 11 is 0. The lowest BCUT2D eigenvalue weighted by Crippen LogP contribution is -2.45. The van der Waals surface area contributed by atoms with Gasteiger partial charge in [-0.3, -0.25) is 0 Å². The Morgan fingerprint density at radius 1 is 1.24 bits per heavy atom. The summed E-state index contributed by atoms with van der Waals surface area (Å²) in [6, 6.07) is 6.64. The predicted octanol–water partition coefficient (Wildman–Crippen LogP) is 0.0668. The zero-order chi connectivity index (χ0) is 16.0. The van der Waals surface area contributed by atoms with Crippen LogP contribution in [0.15, 0.2) is 24.3 Å². The fourth-order valence-electron chi connectivity index (χ4n) is 1.97. The quantitative estimate of drug-likeness (QED) is 0.525. The molecule has 0 radical (unpaired) electrons. The summed E-state index contributed by atoms with van der Waals surface area (Å²) < 4.78 is 10.9. The molecule has 0 N–H and O–H groups in total. The molecule has 0 aliphatic heterocycles. The van der Waals surface area contributed by atoms with Crippen molar-refractivity contribution in [3.05, 3.63) is 29.8 Å².